The molecule has 0 atom stereocenters. The second-order valence-corrected chi connectivity index (χ2v) is 8.05. The summed E-state index contributed by atoms with van der Waals surface area (Å²) in [6.45, 7) is 12.0. The standard InChI is InChI=1S/C21H37N5O2.HI/c1-2-7-23-19-6-10-25(12-11-24-13-15-28-16-14-24)17-18(19)20(22)21(27)26-8-4-3-5-9-26;/h2-17,22H2,1H3;1H/b20-18-,23-19?;. The first kappa shape index (κ1) is 24.6. The van der Waals surface area contributed by atoms with Crippen LogP contribution in [0.1, 0.15) is 39.0 Å². The maximum Gasteiger partial charge on any atom is 0.270 e. The molecule has 166 valence electrons. The average molecular weight is 519 g/mol. The predicted molar refractivity (Wildman–Crippen MR) is 128 cm³/mol. The summed E-state index contributed by atoms with van der Waals surface area (Å²) in [6, 6.07) is 0. The average Bonchev–Trinajstić information content (AvgIpc) is 2.76. The Morgan fingerprint density at radius 2 is 1.72 bits per heavy atom. The molecule has 3 fully saturated rings. The summed E-state index contributed by atoms with van der Waals surface area (Å²) in [5.74, 6) is 0.00827. The van der Waals surface area contributed by atoms with Crippen molar-refractivity contribution < 1.29 is 9.53 Å². The van der Waals surface area contributed by atoms with Gasteiger partial charge in [0.2, 0.25) is 0 Å². The largest absolute Gasteiger partial charge is 0.394 e. The van der Waals surface area contributed by atoms with Gasteiger partial charge < -0.3 is 15.4 Å². The molecule has 0 saturated carbocycles. The molecule has 0 unspecified atom stereocenters. The van der Waals surface area contributed by atoms with Crippen molar-refractivity contribution in [1.29, 1.82) is 0 Å². The van der Waals surface area contributed by atoms with E-state index in [1.165, 1.54) is 6.42 Å². The van der Waals surface area contributed by atoms with E-state index in [0.29, 0.717) is 5.70 Å². The zero-order valence-electron chi connectivity index (χ0n) is 17.9. The first-order chi connectivity index (χ1) is 13.7. The number of hydrogen-bond donors (Lipinski definition) is 1. The van der Waals surface area contributed by atoms with Crippen molar-refractivity contribution >= 4 is 35.6 Å². The molecule has 0 radical (unpaired) electrons. The highest BCUT2D eigenvalue weighted by Gasteiger charge is 2.27. The maximum atomic E-state index is 13.0. The van der Waals surface area contributed by atoms with Gasteiger partial charge in [0.05, 0.1) is 13.2 Å². The third kappa shape index (κ3) is 7.18. The maximum absolute atomic E-state index is 13.0. The Hall–Kier alpha value is -0.710. The van der Waals surface area contributed by atoms with Gasteiger partial charge in [-0.25, -0.2) is 0 Å². The number of carbonyl (C=O) groups is 1. The summed E-state index contributed by atoms with van der Waals surface area (Å²) in [5, 5.41) is 0. The Morgan fingerprint density at radius 3 is 2.41 bits per heavy atom. The number of nitrogens with two attached hydrogens (primary N) is 1. The molecule has 0 bridgehead atoms. The van der Waals surface area contributed by atoms with Crippen molar-refractivity contribution in [3.63, 3.8) is 0 Å². The number of halogens is 1. The topological polar surface area (TPSA) is 74.4 Å². The van der Waals surface area contributed by atoms with Gasteiger partial charge in [-0.15, -0.1) is 24.0 Å². The summed E-state index contributed by atoms with van der Waals surface area (Å²) in [4.78, 5) is 24.6. The second kappa shape index (κ2) is 12.9. The van der Waals surface area contributed by atoms with E-state index in [9.17, 15) is 4.79 Å². The molecule has 3 aliphatic heterocycles. The lowest BCUT2D eigenvalue weighted by molar-refractivity contribution is -0.128. The van der Waals surface area contributed by atoms with Crippen LogP contribution in [0.4, 0.5) is 0 Å². The molecule has 3 aliphatic rings. The lowest BCUT2D eigenvalue weighted by Crippen LogP contribution is -2.46. The zero-order valence-corrected chi connectivity index (χ0v) is 20.2. The number of piperidine rings is 2. The Balaban J connectivity index is 0.00000300. The van der Waals surface area contributed by atoms with Crippen molar-refractivity contribution in [2.24, 2.45) is 10.7 Å². The highest BCUT2D eigenvalue weighted by atomic mass is 127. The van der Waals surface area contributed by atoms with Crippen molar-refractivity contribution in [2.75, 3.05) is 72.1 Å². The second-order valence-electron chi connectivity index (χ2n) is 8.05. The quantitative estimate of drug-likeness (QED) is 0.428. The summed E-state index contributed by atoms with van der Waals surface area (Å²) < 4.78 is 5.44. The lowest BCUT2D eigenvalue weighted by atomic mass is 9.98. The van der Waals surface area contributed by atoms with E-state index in [-0.39, 0.29) is 29.9 Å². The van der Waals surface area contributed by atoms with Gasteiger partial charge in [-0.2, -0.15) is 0 Å². The van der Waals surface area contributed by atoms with Gasteiger partial charge in [0.1, 0.15) is 5.70 Å². The molecule has 0 spiro atoms. The number of nitrogens with zero attached hydrogens (tertiary/aromatic N) is 4. The van der Waals surface area contributed by atoms with E-state index in [0.717, 1.165) is 109 Å². The Labute approximate surface area is 192 Å². The summed E-state index contributed by atoms with van der Waals surface area (Å²) in [7, 11) is 0. The monoisotopic (exact) mass is 519 g/mol. The van der Waals surface area contributed by atoms with Gasteiger partial charge in [0.15, 0.2) is 0 Å². The van der Waals surface area contributed by atoms with Crippen molar-refractivity contribution in [3.05, 3.63) is 11.3 Å². The molecule has 29 heavy (non-hydrogen) atoms. The highest BCUT2D eigenvalue weighted by Crippen LogP contribution is 2.19. The molecular formula is C21H38IN5O2. The van der Waals surface area contributed by atoms with Gasteiger partial charge in [-0.05, 0) is 25.7 Å². The molecule has 2 N–H and O–H groups in total. The number of ether oxygens (including phenoxy) is 1. The molecule has 3 rings (SSSR count). The highest BCUT2D eigenvalue weighted by molar-refractivity contribution is 14.0. The zero-order chi connectivity index (χ0) is 19.8. The first-order valence-electron chi connectivity index (χ1n) is 11.0. The normalized spacial score (nSPS) is 25.0. The Kier molecular flexibility index (Phi) is 10.9. The van der Waals surface area contributed by atoms with E-state index in [1.807, 2.05) is 4.90 Å². The summed E-state index contributed by atoms with van der Waals surface area (Å²) in [6.07, 6.45) is 5.26. The molecule has 0 aliphatic carbocycles. The minimum Gasteiger partial charge on any atom is -0.394 e. The molecule has 7 nitrogen and oxygen atoms in total. The van der Waals surface area contributed by atoms with Crippen LogP contribution in [0.3, 0.4) is 0 Å². The fourth-order valence-electron chi connectivity index (χ4n) is 4.17. The van der Waals surface area contributed by atoms with Crippen LogP contribution in [0, 0.1) is 0 Å². The predicted octanol–water partition coefficient (Wildman–Crippen LogP) is 1.72. The smallest absolute Gasteiger partial charge is 0.270 e. The fraction of sp³-hybridized carbons (Fsp3) is 0.810. The van der Waals surface area contributed by atoms with Crippen LogP contribution in [-0.2, 0) is 9.53 Å². The van der Waals surface area contributed by atoms with E-state index in [4.69, 9.17) is 15.5 Å². The number of hydrogen-bond acceptors (Lipinski definition) is 6. The van der Waals surface area contributed by atoms with Crippen LogP contribution in [0.2, 0.25) is 0 Å². The third-order valence-corrected chi connectivity index (χ3v) is 5.96. The van der Waals surface area contributed by atoms with Gasteiger partial charge in [0, 0.05) is 76.6 Å². The number of rotatable bonds is 6. The van der Waals surface area contributed by atoms with Crippen LogP contribution in [0.25, 0.3) is 0 Å². The van der Waals surface area contributed by atoms with Gasteiger partial charge in [-0.3, -0.25) is 19.6 Å². The lowest BCUT2D eigenvalue weighted by Gasteiger charge is -2.34. The number of aliphatic imine (C=N–C) groups is 1. The van der Waals surface area contributed by atoms with Crippen LogP contribution in [0.15, 0.2) is 16.3 Å². The molecule has 0 aromatic heterocycles. The van der Waals surface area contributed by atoms with E-state index >= 15 is 0 Å². The molecule has 1 amide bonds. The third-order valence-electron chi connectivity index (χ3n) is 5.96. The van der Waals surface area contributed by atoms with Gasteiger partial charge in [0.25, 0.3) is 5.91 Å². The van der Waals surface area contributed by atoms with Crippen LogP contribution in [-0.4, -0.2) is 98.4 Å². The Morgan fingerprint density at radius 1 is 1.03 bits per heavy atom. The van der Waals surface area contributed by atoms with Crippen LogP contribution < -0.4 is 5.73 Å². The van der Waals surface area contributed by atoms with Crippen LogP contribution in [0.5, 0.6) is 0 Å². The molecular weight excluding hydrogens is 481 g/mol. The van der Waals surface area contributed by atoms with Crippen molar-refractivity contribution in [2.45, 2.75) is 39.0 Å². The van der Waals surface area contributed by atoms with E-state index in [2.05, 4.69) is 16.7 Å². The molecule has 0 aromatic carbocycles. The first-order valence-corrected chi connectivity index (χ1v) is 11.0. The Bertz CT molecular complexity index is 584. The SMILES string of the molecule is CCCN=C1CCN(CCN2CCOCC2)C/C1=C(/N)C(=O)N1CCCCC1.I. The van der Waals surface area contributed by atoms with Crippen molar-refractivity contribution in [3.8, 4) is 0 Å². The van der Waals surface area contributed by atoms with Crippen LogP contribution >= 0.6 is 24.0 Å². The van der Waals surface area contributed by atoms with E-state index < -0.39 is 0 Å². The fourth-order valence-corrected chi connectivity index (χ4v) is 4.17. The minimum absolute atomic E-state index is 0. The minimum atomic E-state index is 0. The van der Waals surface area contributed by atoms with Gasteiger partial charge >= 0.3 is 0 Å². The number of likely N-dealkylation sites (tertiary alicyclic amines) is 2. The summed E-state index contributed by atoms with van der Waals surface area (Å²) >= 11 is 0. The number of carbonyl (C=O) groups excluding carboxylic acids is 1. The van der Waals surface area contributed by atoms with Crippen molar-refractivity contribution in [1.82, 2.24) is 14.7 Å². The molecule has 3 heterocycles. The molecule has 8 heteroatoms. The van der Waals surface area contributed by atoms with E-state index in [1.54, 1.807) is 0 Å². The number of amides is 1. The molecule has 3 saturated heterocycles. The van der Waals surface area contributed by atoms with Gasteiger partial charge in [-0.1, -0.05) is 6.92 Å². The molecule has 0 aromatic rings. The number of morpholine rings is 1. The summed E-state index contributed by atoms with van der Waals surface area (Å²) in [5.41, 5.74) is 8.88.